The van der Waals surface area contributed by atoms with Gasteiger partial charge in [0.1, 0.15) is 0 Å². The molecule has 0 aliphatic carbocycles. The molecule has 1 atom stereocenters. The average Bonchev–Trinajstić information content (AvgIpc) is 2.88. The van der Waals surface area contributed by atoms with Crippen molar-refractivity contribution in [3.05, 3.63) is 22.7 Å². The summed E-state index contributed by atoms with van der Waals surface area (Å²) in [5.41, 5.74) is 6.96. The third kappa shape index (κ3) is 4.01. The topological polar surface area (TPSA) is 57.0 Å². The van der Waals surface area contributed by atoms with Gasteiger partial charge < -0.3 is 19.9 Å². The van der Waals surface area contributed by atoms with Crippen molar-refractivity contribution in [2.75, 3.05) is 33.5 Å². The largest absolute Gasteiger partial charge is 0.454 e. The summed E-state index contributed by atoms with van der Waals surface area (Å²) in [6.45, 7) is 6.23. The summed E-state index contributed by atoms with van der Waals surface area (Å²) in [5, 5.41) is 0.560. The fourth-order valence-corrected chi connectivity index (χ4v) is 2.61. The van der Waals surface area contributed by atoms with Crippen molar-refractivity contribution in [3.8, 4) is 11.5 Å². The molecule has 1 unspecified atom stereocenters. The summed E-state index contributed by atoms with van der Waals surface area (Å²) in [6, 6.07) is 3.91. The first-order valence-corrected chi connectivity index (χ1v) is 7.51. The molecule has 1 aromatic rings. The Hall–Kier alpha value is -1.01. The van der Waals surface area contributed by atoms with E-state index in [-0.39, 0.29) is 18.9 Å². The van der Waals surface area contributed by atoms with Gasteiger partial charge in [-0.2, -0.15) is 0 Å². The number of nitrogens with two attached hydrogens (primary N) is 1. The first kappa shape index (κ1) is 16.4. The number of ether oxygens (including phenoxy) is 3. The highest BCUT2D eigenvalue weighted by Crippen LogP contribution is 2.41. The minimum atomic E-state index is 0.0627. The number of rotatable bonds is 7. The van der Waals surface area contributed by atoms with Crippen molar-refractivity contribution in [1.29, 1.82) is 0 Å². The SMILES string of the molecule is CC(C)OCCN(C)C(CN)c1cc(Cl)c2c(c1)OCO2. The predicted molar refractivity (Wildman–Crippen MR) is 83.1 cm³/mol. The van der Waals surface area contributed by atoms with Gasteiger partial charge in [-0.25, -0.2) is 0 Å². The Kier molecular flexibility index (Phi) is 5.70. The van der Waals surface area contributed by atoms with Crippen LogP contribution in [0.15, 0.2) is 12.1 Å². The molecule has 6 heteroatoms. The second kappa shape index (κ2) is 7.31. The van der Waals surface area contributed by atoms with Gasteiger partial charge in [0.25, 0.3) is 0 Å². The Bertz CT molecular complexity index is 482. The molecular formula is C15H23ClN2O3. The summed E-state index contributed by atoms with van der Waals surface area (Å²) >= 11 is 6.24. The van der Waals surface area contributed by atoms with E-state index in [4.69, 9.17) is 31.5 Å². The lowest BCUT2D eigenvalue weighted by Crippen LogP contribution is -2.33. The van der Waals surface area contributed by atoms with E-state index < -0.39 is 0 Å². The molecule has 0 bridgehead atoms. The lowest BCUT2D eigenvalue weighted by molar-refractivity contribution is 0.0564. The van der Waals surface area contributed by atoms with E-state index in [9.17, 15) is 0 Å². The second-order valence-electron chi connectivity index (χ2n) is 5.39. The number of likely N-dealkylation sites (N-methyl/N-ethyl adjacent to an activating group) is 1. The minimum absolute atomic E-state index is 0.0627. The van der Waals surface area contributed by atoms with E-state index in [1.165, 1.54) is 0 Å². The van der Waals surface area contributed by atoms with Gasteiger partial charge in [-0.05, 0) is 38.6 Å². The molecule has 0 amide bonds. The Labute approximate surface area is 130 Å². The van der Waals surface area contributed by atoms with Crippen LogP contribution in [0.5, 0.6) is 11.5 Å². The summed E-state index contributed by atoms with van der Waals surface area (Å²) < 4.78 is 16.3. The van der Waals surface area contributed by atoms with Gasteiger partial charge in [0.05, 0.1) is 17.7 Å². The molecular weight excluding hydrogens is 292 g/mol. The Morgan fingerprint density at radius 3 is 2.81 bits per heavy atom. The zero-order valence-electron chi connectivity index (χ0n) is 12.8. The van der Waals surface area contributed by atoms with Crippen LogP contribution < -0.4 is 15.2 Å². The van der Waals surface area contributed by atoms with Gasteiger partial charge in [0.2, 0.25) is 6.79 Å². The standard InChI is InChI=1S/C15H23ClN2O3/c1-10(2)19-5-4-18(3)13(8-17)11-6-12(16)15-14(7-11)20-9-21-15/h6-7,10,13H,4-5,8-9,17H2,1-3H3. The number of nitrogens with zero attached hydrogens (tertiary/aromatic N) is 1. The molecule has 21 heavy (non-hydrogen) atoms. The summed E-state index contributed by atoms with van der Waals surface area (Å²) in [4.78, 5) is 2.16. The van der Waals surface area contributed by atoms with Crippen LogP contribution >= 0.6 is 11.6 Å². The Balaban J connectivity index is 2.08. The average molecular weight is 315 g/mol. The van der Waals surface area contributed by atoms with E-state index in [1.54, 1.807) is 0 Å². The van der Waals surface area contributed by atoms with Crippen LogP contribution in [-0.2, 0) is 4.74 Å². The highest BCUT2D eigenvalue weighted by atomic mass is 35.5. The zero-order valence-corrected chi connectivity index (χ0v) is 13.5. The highest BCUT2D eigenvalue weighted by molar-refractivity contribution is 6.32. The molecule has 118 valence electrons. The van der Waals surface area contributed by atoms with Crippen LogP contribution in [0.3, 0.4) is 0 Å². The van der Waals surface area contributed by atoms with Crippen LogP contribution in [0, 0.1) is 0 Å². The Morgan fingerprint density at radius 2 is 2.14 bits per heavy atom. The van der Waals surface area contributed by atoms with Crippen molar-refractivity contribution < 1.29 is 14.2 Å². The molecule has 1 aromatic carbocycles. The number of halogens is 1. The predicted octanol–water partition coefficient (Wildman–Crippen LogP) is 2.43. The summed E-state index contributed by atoms with van der Waals surface area (Å²) in [7, 11) is 2.03. The van der Waals surface area contributed by atoms with E-state index in [1.807, 2.05) is 33.0 Å². The summed E-state index contributed by atoms with van der Waals surface area (Å²) in [5.74, 6) is 1.30. The second-order valence-corrected chi connectivity index (χ2v) is 5.80. The monoisotopic (exact) mass is 314 g/mol. The lowest BCUT2D eigenvalue weighted by Gasteiger charge is -2.28. The molecule has 0 aromatic heterocycles. The van der Waals surface area contributed by atoms with Crippen LogP contribution in [0.25, 0.3) is 0 Å². The van der Waals surface area contributed by atoms with Crippen LogP contribution in [0.2, 0.25) is 5.02 Å². The van der Waals surface area contributed by atoms with Crippen molar-refractivity contribution >= 4 is 11.6 Å². The molecule has 2 rings (SSSR count). The molecule has 0 spiro atoms. The summed E-state index contributed by atoms with van der Waals surface area (Å²) in [6.07, 6.45) is 0.231. The zero-order chi connectivity index (χ0) is 15.4. The van der Waals surface area contributed by atoms with Crippen molar-refractivity contribution in [2.45, 2.75) is 26.0 Å². The van der Waals surface area contributed by atoms with Gasteiger partial charge in [0.15, 0.2) is 11.5 Å². The molecule has 1 aliphatic rings. The highest BCUT2D eigenvalue weighted by Gasteiger charge is 2.23. The van der Waals surface area contributed by atoms with E-state index >= 15 is 0 Å². The smallest absolute Gasteiger partial charge is 0.231 e. The van der Waals surface area contributed by atoms with E-state index in [0.29, 0.717) is 29.7 Å². The molecule has 0 saturated carbocycles. The van der Waals surface area contributed by atoms with Crippen molar-refractivity contribution in [1.82, 2.24) is 4.90 Å². The van der Waals surface area contributed by atoms with E-state index in [2.05, 4.69) is 4.90 Å². The van der Waals surface area contributed by atoms with E-state index in [0.717, 1.165) is 12.1 Å². The number of hydrogen-bond acceptors (Lipinski definition) is 5. The van der Waals surface area contributed by atoms with Crippen LogP contribution in [-0.4, -0.2) is 44.5 Å². The third-order valence-electron chi connectivity index (χ3n) is 3.48. The normalized spacial score (nSPS) is 15.0. The maximum atomic E-state index is 6.24. The molecule has 2 N–H and O–H groups in total. The van der Waals surface area contributed by atoms with Gasteiger partial charge in [-0.3, -0.25) is 4.90 Å². The third-order valence-corrected chi connectivity index (χ3v) is 3.77. The fraction of sp³-hybridized carbons (Fsp3) is 0.600. The Morgan fingerprint density at radius 1 is 1.38 bits per heavy atom. The molecule has 1 aliphatic heterocycles. The van der Waals surface area contributed by atoms with Gasteiger partial charge >= 0.3 is 0 Å². The van der Waals surface area contributed by atoms with Crippen molar-refractivity contribution in [3.63, 3.8) is 0 Å². The van der Waals surface area contributed by atoms with Gasteiger partial charge in [-0.1, -0.05) is 11.6 Å². The lowest BCUT2D eigenvalue weighted by atomic mass is 10.0. The molecule has 0 fully saturated rings. The van der Waals surface area contributed by atoms with Crippen molar-refractivity contribution in [2.24, 2.45) is 5.73 Å². The minimum Gasteiger partial charge on any atom is -0.454 e. The molecule has 0 saturated heterocycles. The maximum Gasteiger partial charge on any atom is 0.231 e. The number of fused-ring (bicyclic) bond motifs is 1. The molecule has 1 heterocycles. The molecule has 5 nitrogen and oxygen atoms in total. The van der Waals surface area contributed by atoms with Gasteiger partial charge in [-0.15, -0.1) is 0 Å². The first-order valence-electron chi connectivity index (χ1n) is 7.14. The maximum absolute atomic E-state index is 6.24. The molecule has 0 radical (unpaired) electrons. The quantitative estimate of drug-likeness (QED) is 0.837. The van der Waals surface area contributed by atoms with Crippen LogP contribution in [0.1, 0.15) is 25.5 Å². The number of benzene rings is 1. The van der Waals surface area contributed by atoms with Gasteiger partial charge in [0, 0.05) is 19.1 Å². The first-order chi connectivity index (χ1) is 10.0. The number of hydrogen-bond donors (Lipinski definition) is 1. The fourth-order valence-electron chi connectivity index (χ4n) is 2.34. The van der Waals surface area contributed by atoms with Crippen LogP contribution in [0.4, 0.5) is 0 Å².